The molecular weight excluding hydrogens is 495 g/mol. The lowest BCUT2D eigenvalue weighted by Gasteiger charge is -2.70. The van der Waals surface area contributed by atoms with Crippen molar-refractivity contribution in [2.75, 3.05) is 0 Å². The van der Waals surface area contributed by atoms with Crippen LogP contribution < -0.4 is 5.56 Å². The van der Waals surface area contributed by atoms with Crippen LogP contribution in [0.25, 0.3) is 11.2 Å². The van der Waals surface area contributed by atoms with Gasteiger partial charge < -0.3 is 9.30 Å². The van der Waals surface area contributed by atoms with Gasteiger partial charge in [-0.15, -0.1) is 0 Å². The number of pyridine rings is 1. The zero-order valence-corrected chi connectivity index (χ0v) is 21.7. The van der Waals surface area contributed by atoms with E-state index in [9.17, 15) is 18.0 Å². The van der Waals surface area contributed by atoms with E-state index in [0.717, 1.165) is 29.8 Å². The molecule has 3 unspecified atom stereocenters. The van der Waals surface area contributed by atoms with E-state index in [1.165, 1.54) is 0 Å². The molecule has 3 aromatic rings. The van der Waals surface area contributed by atoms with Crippen LogP contribution in [0.1, 0.15) is 98.4 Å². The number of fused-ring (bicyclic) bond motifs is 1. The highest BCUT2D eigenvalue weighted by atomic mass is 19.4. The van der Waals surface area contributed by atoms with Gasteiger partial charge in [0.25, 0.3) is 5.56 Å². The molecule has 5 aliphatic rings. The maximum atomic E-state index is 13.7. The van der Waals surface area contributed by atoms with Crippen molar-refractivity contribution in [1.29, 1.82) is 0 Å². The number of aromatic nitrogens is 5. The number of rotatable bonds is 4. The minimum Gasteiger partial charge on any atom is -0.370 e. The Labute approximate surface area is 217 Å². The molecule has 38 heavy (non-hydrogen) atoms. The number of alkyl halides is 3. The first-order chi connectivity index (χ1) is 18.0. The fraction of sp³-hybridized carbons (Fsp3) is 0.607. The summed E-state index contributed by atoms with van der Waals surface area (Å²) in [6.45, 7) is 5.73. The van der Waals surface area contributed by atoms with Crippen LogP contribution in [0.4, 0.5) is 13.2 Å². The number of ether oxygens (including phenoxy) is 1. The summed E-state index contributed by atoms with van der Waals surface area (Å²) in [7, 11) is 0. The van der Waals surface area contributed by atoms with E-state index in [-0.39, 0.29) is 49.0 Å². The van der Waals surface area contributed by atoms with Gasteiger partial charge in [0, 0.05) is 29.6 Å². The Morgan fingerprint density at radius 1 is 1.00 bits per heavy atom. The summed E-state index contributed by atoms with van der Waals surface area (Å²) < 4.78 is 49.1. The second-order valence-corrected chi connectivity index (χ2v) is 12.1. The van der Waals surface area contributed by atoms with Crippen LogP contribution in [-0.4, -0.2) is 36.8 Å². The molecule has 5 fully saturated rings. The van der Waals surface area contributed by atoms with Crippen molar-refractivity contribution in [1.82, 2.24) is 24.5 Å². The highest BCUT2D eigenvalue weighted by molar-refractivity contribution is 5.75. The fourth-order valence-corrected chi connectivity index (χ4v) is 6.94. The zero-order chi connectivity index (χ0) is 26.6. The van der Waals surface area contributed by atoms with Crippen molar-refractivity contribution in [2.24, 2.45) is 5.41 Å². The molecule has 7 nitrogen and oxygen atoms in total. The quantitative estimate of drug-likeness (QED) is 0.445. The Morgan fingerprint density at radius 3 is 2.39 bits per heavy atom. The summed E-state index contributed by atoms with van der Waals surface area (Å²) in [6, 6.07) is 3.71. The van der Waals surface area contributed by atoms with E-state index in [2.05, 4.69) is 4.98 Å². The van der Waals surface area contributed by atoms with Gasteiger partial charge in [-0.05, 0) is 77.3 Å². The van der Waals surface area contributed by atoms with Gasteiger partial charge in [0.2, 0.25) is 0 Å². The Bertz CT molecular complexity index is 1510. The monoisotopic (exact) mass is 525 g/mol. The molecule has 2 bridgehead atoms. The predicted molar refractivity (Wildman–Crippen MR) is 133 cm³/mol. The second-order valence-electron chi connectivity index (χ2n) is 12.1. The van der Waals surface area contributed by atoms with Gasteiger partial charge in [-0.25, -0.2) is 19.9 Å². The lowest BCUT2D eigenvalue weighted by atomic mass is 9.34. The lowest BCUT2D eigenvalue weighted by Crippen LogP contribution is -2.70. The van der Waals surface area contributed by atoms with E-state index in [4.69, 9.17) is 19.7 Å². The first kappa shape index (κ1) is 24.2. The van der Waals surface area contributed by atoms with E-state index < -0.39 is 17.0 Å². The van der Waals surface area contributed by atoms with Crippen LogP contribution in [0.5, 0.6) is 0 Å². The summed E-state index contributed by atoms with van der Waals surface area (Å²) in [4.78, 5) is 31.5. The third-order valence-electron chi connectivity index (χ3n) is 9.24. The number of hydrogen-bond acceptors (Lipinski definition) is 6. The minimum atomic E-state index is -4.20. The summed E-state index contributed by atoms with van der Waals surface area (Å²) in [5, 5.41) is 0. The van der Waals surface area contributed by atoms with Crippen LogP contribution in [0, 0.1) is 19.3 Å². The molecule has 10 heteroatoms. The first-order valence-electron chi connectivity index (χ1n) is 13.4. The van der Waals surface area contributed by atoms with Gasteiger partial charge in [0.15, 0.2) is 5.65 Å². The summed E-state index contributed by atoms with van der Waals surface area (Å²) in [6.07, 6.45) is 0.928. The molecule has 1 saturated heterocycles. The molecule has 0 N–H and O–H groups in total. The number of halogens is 3. The van der Waals surface area contributed by atoms with Gasteiger partial charge in [-0.2, -0.15) is 13.2 Å². The summed E-state index contributed by atoms with van der Waals surface area (Å²) in [5.74, 6) is 0.548. The Balaban J connectivity index is 1.26. The molecule has 4 saturated carbocycles. The van der Waals surface area contributed by atoms with E-state index in [1.54, 1.807) is 10.6 Å². The highest BCUT2D eigenvalue weighted by Gasteiger charge is 2.79. The summed E-state index contributed by atoms with van der Waals surface area (Å²) in [5.41, 5.74) is 1.84. The average Bonchev–Trinajstić information content (AvgIpc) is 3.62. The molecule has 4 heterocycles. The van der Waals surface area contributed by atoms with E-state index in [1.807, 2.05) is 33.0 Å². The normalized spacial score (nSPS) is 32.6. The molecule has 0 amide bonds. The fourth-order valence-electron chi connectivity index (χ4n) is 6.94. The highest BCUT2D eigenvalue weighted by Crippen LogP contribution is 2.78. The Kier molecular flexibility index (Phi) is 4.98. The average molecular weight is 526 g/mol. The molecule has 0 aromatic carbocycles. The van der Waals surface area contributed by atoms with Crippen molar-refractivity contribution < 1.29 is 17.9 Å². The van der Waals surface area contributed by atoms with Gasteiger partial charge >= 0.3 is 6.18 Å². The Morgan fingerprint density at radius 2 is 1.71 bits per heavy atom. The third-order valence-corrected chi connectivity index (χ3v) is 9.24. The molecule has 4 aliphatic carbocycles. The maximum absolute atomic E-state index is 13.7. The standard InChI is InChI=1S/C28H30F3N5O2/c1-14-8-18(9-20(38-14)17-4-7-21(37)36(10-17)19-5-6-19)24-34-23(22-25(35-24)33-16(3)15(2)32-22)26-11-27(12-26,13-26)28(29,30)31/h4,7,10,14,18-20H,5-6,8-9,11-13H2,1-3H3. The van der Waals surface area contributed by atoms with E-state index in [0.29, 0.717) is 35.5 Å². The number of nitrogens with zero attached hydrogens (tertiary/aromatic N) is 5. The Hall–Kier alpha value is -2.88. The SMILES string of the molecule is Cc1nc2nc(C3CC(C)OC(c4ccc(=O)n(C5CC5)c4)C3)nc(C34CC(C(F)(F)F)(C3)C4)c2nc1C. The van der Waals surface area contributed by atoms with Gasteiger partial charge in [-0.1, -0.05) is 0 Å². The largest absolute Gasteiger partial charge is 0.394 e. The number of aryl methyl sites for hydroxylation is 2. The van der Waals surface area contributed by atoms with Crippen molar-refractivity contribution in [3.05, 3.63) is 57.2 Å². The maximum Gasteiger partial charge on any atom is 0.394 e. The predicted octanol–water partition coefficient (Wildman–Crippen LogP) is 5.54. The minimum absolute atomic E-state index is 0.00131. The molecule has 0 spiro atoms. The van der Waals surface area contributed by atoms with Crippen molar-refractivity contribution in [3.63, 3.8) is 0 Å². The molecule has 3 atom stereocenters. The van der Waals surface area contributed by atoms with Crippen LogP contribution in [0.2, 0.25) is 0 Å². The molecule has 200 valence electrons. The van der Waals surface area contributed by atoms with Crippen LogP contribution in [-0.2, 0) is 10.2 Å². The van der Waals surface area contributed by atoms with Crippen LogP contribution in [0.3, 0.4) is 0 Å². The van der Waals surface area contributed by atoms with Gasteiger partial charge in [-0.3, -0.25) is 4.79 Å². The first-order valence-corrected chi connectivity index (χ1v) is 13.4. The molecular formula is C28H30F3N5O2. The van der Waals surface area contributed by atoms with Gasteiger partial charge in [0.05, 0.1) is 34.7 Å². The van der Waals surface area contributed by atoms with Crippen LogP contribution >= 0.6 is 0 Å². The molecule has 0 radical (unpaired) electrons. The molecule has 1 aliphatic heterocycles. The van der Waals surface area contributed by atoms with Crippen molar-refractivity contribution in [2.45, 2.75) is 101 Å². The van der Waals surface area contributed by atoms with Crippen molar-refractivity contribution in [3.8, 4) is 0 Å². The van der Waals surface area contributed by atoms with Crippen molar-refractivity contribution >= 4 is 11.2 Å². The zero-order valence-electron chi connectivity index (χ0n) is 21.7. The lowest BCUT2D eigenvalue weighted by molar-refractivity contribution is -0.337. The number of hydrogen-bond donors (Lipinski definition) is 0. The molecule has 8 rings (SSSR count). The van der Waals surface area contributed by atoms with Crippen LogP contribution in [0.15, 0.2) is 23.1 Å². The molecule has 3 aromatic heterocycles. The second kappa shape index (κ2) is 7.83. The topological polar surface area (TPSA) is 82.8 Å². The van der Waals surface area contributed by atoms with Gasteiger partial charge in [0.1, 0.15) is 11.3 Å². The third kappa shape index (κ3) is 3.55. The smallest absolute Gasteiger partial charge is 0.370 e. The summed E-state index contributed by atoms with van der Waals surface area (Å²) >= 11 is 0. The van der Waals surface area contributed by atoms with E-state index >= 15 is 0 Å².